The molecule has 3 N–H and O–H groups in total. The molecule has 0 unspecified atom stereocenters. The third kappa shape index (κ3) is 3.19. The minimum Gasteiger partial charge on any atom is -0.339 e. The molecule has 1 aliphatic heterocycles. The lowest BCUT2D eigenvalue weighted by molar-refractivity contribution is 0.0791. The molecule has 0 atom stereocenters. The molecule has 4 nitrogen and oxygen atoms in total. The number of hydrogen-bond donors (Lipinski definition) is 2. The second-order valence-electron chi connectivity index (χ2n) is 4.04. The SMILES string of the molecule is Cl.NNCc1ccccc1C(=O)N1CCCC1. The predicted octanol–water partition coefficient (Wildman–Crippen LogP) is 1.31. The topological polar surface area (TPSA) is 58.4 Å². The van der Waals surface area contributed by atoms with Crippen LogP contribution < -0.4 is 11.3 Å². The van der Waals surface area contributed by atoms with Crippen LogP contribution >= 0.6 is 12.4 Å². The largest absolute Gasteiger partial charge is 0.339 e. The number of hydrazine groups is 1. The lowest BCUT2D eigenvalue weighted by atomic mass is 10.1. The van der Waals surface area contributed by atoms with Crippen LogP contribution in [0.5, 0.6) is 0 Å². The summed E-state index contributed by atoms with van der Waals surface area (Å²) in [6.07, 6.45) is 2.23. The van der Waals surface area contributed by atoms with Crippen molar-refractivity contribution < 1.29 is 4.79 Å². The first-order valence-electron chi connectivity index (χ1n) is 5.63. The first-order chi connectivity index (χ1) is 7.83. The van der Waals surface area contributed by atoms with E-state index in [0.717, 1.165) is 37.1 Å². The summed E-state index contributed by atoms with van der Waals surface area (Å²) in [5.74, 6) is 5.44. The summed E-state index contributed by atoms with van der Waals surface area (Å²) in [4.78, 5) is 14.1. The van der Waals surface area contributed by atoms with Gasteiger partial charge in [0.25, 0.3) is 5.91 Å². The molecule has 17 heavy (non-hydrogen) atoms. The Morgan fingerprint density at radius 1 is 1.29 bits per heavy atom. The molecular weight excluding hydrogens is 238 g/mol. The number of nitrogens with zero attached hydrogens (tertiary/aromatic N) is 1. The van der Waals surface area contributed by atoms with Gasteiger partial charge in [-0.15, -0.1) is 12.4 Å². The summed E-state index contributed by atoms with van der Waals surface area (Å²) in [5, 5.41) is 0. The van der Waals surface area contributed by atoms with E-state index in [-0.39, 0.29) is 18.3 Å². The zero-order valence-electron chi connectivity index (χ0n) is 9.69. The molecule has 1 saturated heterocycles. The molecule has 0 bridgehead atoms. The fraction of sp³-hybridized carbons (Fsp3) is 0.417. The van der Waals surface area contributed by atoms with Crippen LogP contribution in [0.2, 0.25) is 0 Å². The fourth-order valence-electron chi connectivity index (χ4n) is 2.08. The third-order valence-corrected chi connectivity index (χ3v) is 2.93. The van der Waals surface area contributed by atoms with E-state index >= 15 is 0 Å². The van der Waals surface area contributed by atoms with Gasteiger partial charge in [-0.2, -0.15) is 0 Å². The van der Waals surface area contributed by atoms with Gasteiger partial charge < -0.3 is 4.90 Å². The van der Waals surface area contributed by atoms with Crippen molar-refractivity contribution in [3.8, 4) is 0 Å². The van der Waals surface area contributed by atoms with E-state index in [1.807, 2.05) is 29.2 Å². The van der Waals surface area contributed by atoms with Gasteiger partial charge >= 0.3 is 0 Å². The maximum absolute atomic E-state index is 12.2. The van der Waals surface area contributed by atoms with Gasteiger partial charge in [0.15, 0.2) is 0 Å². The average Bonchev–Trinajstić information content (AvgIpc) is 2.83. The smallest absolute Gasteiger partial charge is 0.254 e. The highest BCUT2D eigenvalue weighted by Gasteiger charge is 2.20. The summed E-state index contributed by atoms with van der Waals surface area (Å²) >= 11 is 0. The first kappa shape index (κ1) is 14.0. The molecule has 0 aliphatic carbocycles. The van der Waals surface area contributed by atoms with Gasteiger partial charge in [0.1, 0.15) is 0 Å². The third-order valence-electron chi connectivity index (χ3n) is 2.93. The summed E-state index contributed by atoms with van der Waals surface area (Å²) in [6, 6.07) is 7.62. The Bertz CT molecular complexity index is 378. The molecule has 0 saturated carbocycles. The van der Waals surface area contributed by atoms with Crippen molar-refractivity contribution in [3.63, 3.8) is 0 Å². The van der Waals surface area contributed by atoms with Gasteiger partial charge in [-0.1, -0.05) is 18.2 Å². The minimum absolute atomic E-state index is 0. The lowest BCUT2D eigenvalue weighted by Crippen LogP contribution is -2.30. The van der Waals surface area contributed by atoms with E-state index in [2.05, 4.69) is 5.43 Å². The maximum Gasteiger partial charge on any atom is 0.254 e. The maximum atomic E-state index is 12.2. The van der Waals surface area contributed by atoms with E-state index in [1.165, 1.54) is 0 Å². The number of nitrogens with two attached hydrogens (primary N) is 1. The standard InChI is InChI=1S/C12H17N3O.ClH/c13-14-9-10-5-1-2-6-11(10)12(16)15-7-3-4-8-15;/h1-2,5-6,14H,3-4,7-9,13H2;1H. The van der Waals surface area contributed by atoms with Crippen molar-refractivity contribution in [2.24, 2.45) is 5.84 Å². The molecule has 1 heterocycles. The molecule has 1 aliphatic rings. The van der Waals surface area contributed by atoms with Crippen molar-refractivity contribution >= 4 is 18.3 Å². The van der Waals surface area contributed by atoms with Crippen LogP contribution in [-0.2, 0) is 6.54 Å². The van der Waals surface area contributed by atoms with E-state index in [4.69, 9.17) is 5.84 Å². The molecule has 0 spiro atoms. The molecule has 1 aromatic rings. The Kier molecular flexibility index (Phi) is 5.41. The zero-order chi connectivity index (χ0) is 11.4. The second kappa shape index (κ2) is 6.59. The minimum atomic E-state index is 0. The Balaban J connectivity index is 0.00000144. The number of carbonyl (C=O) groups excluding carboxylic acids is 1. The number of rotatable bonds is 3. The summed E-state index contributed by atoms with van der Waals surface area (Å²) in [7, 11) is 0. The van der Waals surface area contributed by atoms with E-state index in [9.17, 15) is 4.79 Å². The van der Waals surface area contributed by atoms with Crippen LogP contribution in [-0.4, -0.2) is 23.9 Å². The number of likely N-dealkylation sites (tertiary alicyclic amines) is 1. The number of halogens is 1. The van der Waals surface area contributed by atoms with Crippen LogP contribution in [0.4, 0.5) is 0 Å². The fourth-order valence-corrected chi connectivity index (χ4v) is 2.08. The van der Waals surface area contributed by atoms with E-state index in [0.29, 0.717) is 6.54 Å². The molecule has 1 fully saturated rings. The van der Waals surface area contributed by atoms with Gasteiger partial charge in [-0.25, -0.2) is 0 Å². The summed E-state index contributed by atoms with van der Waals surface area (Å²) < 4.78 is 0. The van der Waals surface area contributed by atoms with Crippen LogP contribution in [0.1, 0.15) is 28.8 Å². The lowest BCUT2D eigenvalue weighted by Gasteiger charge is -2.17. The molecule has 1 amide bonds. The summed E-state index contributed by atoms with van der Waals surface area (Å²) in [6.45, 7) is 2.28. The molecule has 5 heteroatoms. The first-order valence-corrected chi connectivity index (χ1v) is 5.63. The van der Waals surface area contributed by atoms with Crippen LogP contribution in [0.15, 0.2) is 24.3 Å². The van der Waals surface area contributed by atoms with Gasteiger partial charge in [0, 0.05) is 25.2 Å². The average molecular weight is 256 g/mol. The Morgan fingerprint density at radius 3 is 2.59 bits per heavy atom. The normalized spacial score (nSPS) is 14.5. The van der Waals surface area contributed by atoms with E-state index < -0.39 is 0 Å². The van der Waals surface area contributed by atoms with Crippen molar-refractivity contribution in [3.05, 3.63) is 35.4 Å². The monoisotopic (exact) mass is 255 g/mol. The number of amides is 1. The van der Waals surface area contributed by atoms with Crippen molar-refractivity contribution in [1.29, 1.82) is 0 Å². The molecule has 2 rings (SSSR count). The Hall–Kier alpha value is -1.10. The van der Waals surface area contributed by atoms with Crippen LogP contribution in [0, 0.1) is 0 Å². The molecule has 1 aromatic carbocycles. The van der Waals surface area contributed by atoms with Gasteiger partial charge in [-0.3, -0.25) is 16.1 Å². The van der Waals surface area contributed by atoms with Gasteiger partial charge in [0.2, 0.25) is 0 Å². The van der Waals surface area contributed by atoms with Crippen LogP contribution in [0.3, 0.4) is 0 Å². The van der Waals surface area contributed by atoms with Gasteiger partial charge in [-0.05, 0) is 24.5 Å². The van der Waals surface area contributed by atoms with Crippen LogP contribution in [0.25, 0.3) is 0 Å². The second-order valence-corrected chi connectivity index (χ2v) is 4.04. The number of hydrogen-bond acceptors (Lipinski definition) is 3. The van der Waals surface area contributed by atoms with Crippen molar-refractivity contribution in [1.82, 2.24) is 10.3 Å². The molecular formula is C12H18ClN3O. The molecule has 0 radical (unpaired) electrons. The highest BCUT2D eigenvalue weighted by Crippen LogP contribution is 2.16. The quantitative estimate of drug-likeness (QED) is 0.633. The van der Waals surface area contributed by atoms with Crippen molar-refractivity contribution in [2.75, 3.05) is 13.1 Å². The zero-order valence-corrected chi connectivity index (χ0v) is 10.5. The Morgan fingerprint density at radius 2 is 1.94 bits per heavy atom. The highest BCUT2D eigenvalue weighted by molar-refractivity contribution is 5.95. The number of benzene rings is 1. The number of carbonyl (C=O) groups is 1. The van der Waals surface area contributed by atoms with E-state index in [1.54, 1.807) is 0 Å². The number of nitrogens with one attached hydrogen (secondary N) is 1. The molecule has 0 aromatic heterocycles. The van der Waals surface area contributed by atoms with Gasteiger partial charge in [0.05, 0.1) is 0 Å². The molecule has 94 valence electrons. The summed E-state index contributed by atoms with van der Waals surface area (Å²) in [5.41, 5.74) is 4.33. The predicted molar refractivity (Wildman–Crippen MR) is 69.9 cm³/mol. The van der Waals surface area contributed by atoms with Crippen molar-refractivity contribution in [2.45, 2.75) is 19.4 Å². The highest BCUT2D eigenvalue weighted by atomic mass is 35.5. The Labute approximate surface area is 108 Å².